The smallest absolute Gasteiger partial charge is 0.113 e. The molecule has 2 heteroatoms. The molecule has 1 saturated heterocycles. The molecular formula is C21H22O2. The Kier molecular flexibility index (Phi) is 3.50. The minimum atomic E-state index is -0.225. The molecule has 2 unspecified atom stereocenters. The van der Waals surface area contributed by atoms with Crippen molar-refractivity contribution in [3.8, 4) is 0 Å². The molecule has 0 saturated carbocycles. The Labute approximate surface area is 137 Å². The predicted octanol–water partition coefficient (Wildman–Crippen LogP) is 4.96. The molecule has 4 rings (SSSR count). The third-order valence-corrected chi connectivity index (χ3v) is 4.95. The van der Waals surface area contributed by atoms with Crippen LogP contribution in [0, 0.1) is 0 Å². The van der Waals surface area contributed by atoms with Crippen LogP contribution >= 0.6 is 0 Å². The largest absolute Gasteiger partial charge is 0.493 e. The Morgan fingerprint density at radius 2 is 1.65 bits per heavy atom. The number of benzene rings is 2. The second-order valence-corrected chi connectivity index (χ2v) is 6.84. The number of hydrogen-bond acceptors (Lipinski definition) is 2. The zero-order valence-corrected chi connectivity index (χ0v) is 13.5. The fraction of sp³-hybridized carbons (Fsp3) is 0.333. The summed E-state index contributed by atoms with van der Waals surface area (Å²) in [4.78, 5) is 0. The van der Waals surface area contributed by atoms with Crippen LogP contribution in [0.5, 0.6) is 0 Å². The van der Waals surface area contributed by atoms with Gasteiger partial charge in [-0.3, -0.25) is 0 Å². The zero-order chi connectivity index (χ0) is 15.8. The average molecular weight is 306 g/mol. The highest BCUT2D eigenvalue weighted by molar-refractivity contribution is 5.31. The highest BCUT2D eigenvalue weighted by Gasteiger charge is 2.51. The van der Waals surface area contributed by atoms with Gasteiger partial charge in [-0.25, -0.2) is 0 Å². The van der Waals surface area contributed by atoms with Gasteiger partial charge >= 0.3 is 0 Å². The van der Waals surface area contributed by atoms with Crippen LogP contribution in [-0.2, 0) is 21.7 Å². The van der Waals surface area contributed by atoms with Gasteiger partial charge < -0.3 is 9.47 Å². The van der Waals surface area contributed by atoms with Gasteiger partial charge in [0.2, 0.25) is 0 Å². The zero-order valence-electron chi connectivity index (χ0n) is 13.5. The third kappa shape index (κ3) is 2.79. The molecule has 0 aromatic heterocycles. The SMILES string of the molecule is CC12C=C(OCc3ccccc3)CC(c3ccccc3)(CC1)O2. The van der Waals surface area contributed by atoms with E-state index in [1.165, 1.54) is 11.1 Å². The molecule has 2 aromatic rings. The van der Waals surface area contributed by atoms with Gasteiger partial charge in [-0.05, 0) is 37.0 Å². The summed E-state index contributed by atoms with van der Waals surface area (Å²) in [7, 11) is 0. The van der Waals surface area contributed by atoms with Crippen LogP contribution in [0.2, 0.25) is 0 Å². The molecule has 0 spiro atoms. The molecule has 2 nitrogen and oxygen atoms in total. The fourth-order valence-corrected chi connectivity index (χ4v) is 3.79. The average Bonchev–Trinajstić information content (AvgIpc) is 2.85. The van der Waals surface area contributed by atoms with Gasteiger partial charge in [-0.15, -0.1) is 0 Å². The minimum absolute atomic E-state index is 0.208. The van der Waals surface area contributed by atoms with E-state index in [-0.39, 0.29) is 11.2 Å². The lowest BCUT2D eigenvalue weighted by Gasteiger charge is -2.37. The van der Waals surface area contributed by atoms with Crippen LogP contribution in [0.1, 0.15) is 37.3 Å². The van der Waals surface area contributed by atoms with Crippen molar-refractivity contribution in [3.63, 3.8) is 0 Å². The minimum Gasteiger partial charge on any atom is -0.493 e. The van der Waals surface area contributed by atoms with Gasteiger partial charge in [0.1, 0.15) is 12.2 Å². The maximum atomic E-state index is 6.48. The first-order valence-electron chi connectivity index (χ1n) is 8.32. The van der Waals surface area contributed by atoms with Gasteiger partial charge in [-0.2, -0.15) is 0 Å². The molecule has 118 valence electrons. The molecule has 0 N–H and O–H groups in total. The van der Waals surface area contributed by atoms with E-state index >= 15 is 0 Å². The van der Waals surface area contributed by atoms with E-state index in [0.717, 1.165) is 25.0 Å². The summed E-state index contributed by atoms with van der Waals surface area (Å²) in [5, 5.41) is 0. The maximum Gasteiger partial charge on any atom is 0.113 e. The lowest BCUT2D eigenvalue weighted by Crippen LogP contribution is -2.35. The van der Waals surface area contributed by atoms with Crippen LogP contribution < -0.4 is 0 Å². The van der Waals surface area contributed by atoms with Crippen LogP contribution in [0.25, 0.3) is 0 Å². The van der Waals surface area contributed by atoms with E-state index in [2.05, 4.69) is 55.5 Å². The second kappa shape index (κ2) is 5.54. The number of hydrogen-bond donors (Lipinski definition) is 0. The molecule has 2 aliphatic rings. The van der Waals surface area contributed by atoms with Gasteiger partial charge in [0.15, 0.2) is 0 Å². The van der Waals surface area contributed by atoms with E-state index in [0.29, 0.717) is 6.61 Å². The third-order valence-electron chi connectivity index (χ3n) is 4.95. The summed E-state index contributed by atoms with van der Waals surface area (Å²) in [6, 6.07) is 20.9. The maximum absolute atomic E-state index is 6.48. The Balaban J connectivity index is 1.57. The highest BCUT2D eigenvalue weighted by Crippen LogP contribution is 2.52. The van der Waals surface area contributed by atoms with E-state index in [9.17, 15) is 0 Å². The molecule has 2 bridgehead atoms. The van der Waals surface area contributed by atoms with Crippen molar-refractivity contribution in [3.05, 3.63) is 83.6 Å². The van der Waals surface area contributed by atoms with E-state index in [4.69, 9.17) is 9.47 Å². The Morgan fingerprint density at radius 1 is 0.957 bits per heavy atom. The van der Waals surface area contributed by atoms with Crippen molar-refractivity contribution >= 4 is 0 Å². The summed E-state index contributed by atoms with van der Waals surface area (Å²) in [5.74, 6) is 1.06. The first-order chi connectivity index (χ1) is 11.2. The Hall–Kier alpha value is -2.06. The van der Waals surface area contributed by atoms with Crippen LogP contribution in [-0.4, -0.2) is 5.60 Å². The summed E-state index contributed by atoms with van der Waals surface area (Å²) < 4.78 is 12.6. The van der Waals surface area contributed by atoms with E-state index in [1.54, 1.807) is 0 Å². The number of fused-ring (bicyclic) bond motifs is 2. The van der Waals surface area contributed by atoms with E-state index in [1.807, 2.05) is 18.2 Å². The van der Waals surface area contributed by atoms with Gasteiger partial charge in [0.05, 0.1) is 11.4 Å². The first kappa shape index (κ1) is 14.5. The number of ether oxygens (including phenoxy) is 2. The Bertz CT molecular complexity index is 707. The quantitative estimate of drug-likeness (QED) is 0.795. The molecule has 2 heterocycles. The molecule has 0 radical (unpaired) electrons. The molecule has 2 aromatic carbocycles. The topological polar surface area (TPSA) is 18.5 Å². The molecular weight excluding hydrogens is 284 g/mol. The normalized spacial score (nSPS) is 29.2. The lowest BCUT2D eigenvalue weighted by atomic mass is 9.87. The fourth-order valence-electron chi connectivity index (χ4n) is 3.79. The first-order valence-corrected chi connectivity index (χ1v) is 8.32. The highest BCUT2D eigenvalue weighted by atomic mass is 16.5. The number of rotatable bonds is 4. The van der Waals surface area contributed by atoms with Gasteiger partial charge in [0, 0.05) is 6.42 Å². The molecule has 0 aliphatic carbocycles. The Morgan fingerprint density at radius 3 is 2.39 bits per heavy atom. The van der Waals surface area contributed by atoms with Crippen LogP contribution in [0.4, 0.5) is 0 Å². The molecule has 2 aliphatic heterocycles. The lowest BCUT2D eigenvalue weighted by molar-refractivity contribution is -0.0979. The van der Waals surface area contributed by atoms with Crippen LogP contribution in [0.15, 0.2) is 72.5 Å². The molecule has 0 amide bonds. The second-order valence-electron chi connectivity index (χ2n) is 6.84. The molecule has 2 atom stereocenters. The summed E-state index contributed by atoms with van der Waals surface area (Å²) in [6.45, 7) is 2.79. The summed E-state index contributed by atoms with van der Waals surface area (Å²) >= 11 is 0. The van der Waals surface area contributed by atoms with Crippen molar-refractivity contribution in [2.24, 2.45) is 0 Å². The monoisotopic (exact) mass is 306 g/mol. The van der Waals surface area contributed by atoms with Crippen molar-refractivity contribution < 1.29 is 9.47 Å². The predicted molar refractivity (Wildman–Crippen MR) is 90.8 cm³/mol. The van der Waals surface area contributed by atoms with Crippen molar-refractivity contribution in [1.82, 2.24) is 0 Å². The van der Waals surface area contributed by atoms with Crippen LogP contribution in [0.3, 0.4) is 0 Å². The molecule has 23 heavy (non-hydrogen) atoms. The van der Waals surface area contributed by atoms with Crippen molar-refractivity contribution in [1.29, 1.82) is 0 Å². The van der Waals surface area contributed by atoms with E-state index < -0.39 is 0 Å². The summed E-state index contributed by atoms with van der Waals surface area (Å²) in [5.41, 5.74) is 2.03. The van der Waals surface area contributed by atoms with Crippen molar-refractivity contribution in [2.45, 2.75) is 44.0 Å². The summed E-state index contributed by atoms with van der Waals surface area (Å²) in [6.07, 6.45) is 5.09. The van der Waals surface area contributed by atoms with Gasteiger partial charge in [-0.1, -0.05) is 60.7 Å². The standard InChI is InChI=1S/C21H22O2/c1-20-12-13-21(23-20,18-10-6-3-7-11-18)15-19(14-20)22-16-17-8-4-2-5-9-17/h2-11,14H,12-13,15-16H2,1H3. The van der Waals surface area contributed by atoms with Crippen molar-refractivity contribution in [2.75, 3.05) is 0 Å². The molecule has 1 fully saturated rings. The van der Waals surface area contributed by atoms with Gasteiger partial charge in [0.25, 0.3) is 0 Å².